The number of aromatic nitrogens is 1. The summed E-state index contributed by atoms with van der Waals surface area (Å²) in [6, 6.07) is 21.6. The van der Waals surface area contributed by atoms with E-state index in [0.717, 1.165) is 42.5 Å². The molecule has 4 heteroatoms. The van der Waals surface area contributed by atoms with Gasteiger partial charge in [-0.25, -0.2) is 0 Å². The number of rotatable bonds is 9. The quantitative estimate of drug-likeness (QED) is 0.104. The number of carbonyl (C=O) groups excluding carboxylic acids is 1. The smallest absolute Gasteiger partial charge is 0.162 e. The first-order valence-electron chi connectivity index (χ1n) is 17.7. The molecule has 5 rings (SSSR count). The number of hydrogen-bond donors (Lipinski definition) is 1. The number of aryl methyl sites for hydroxylation is 2. The molecule has 0 aliphatic heterocycles. The summed E-state index contributed by atoms with van der Waals surface area (Å²) in [6.07, 6.45) is 10.2. The van der Waals surface area contributed by atoms with Crippen molar-refractivity contribution in [1.29, 1.82) is 0 Å². The molecule has 1 aromatic heterocycles. The van der Waals surface area contributed by atoms with E-state index in [0.29, 0.717) is 5.92 Å². The van der Waals surface area contributed by atoms with E-state index in [2.05, 4.69) is 89.2 Å². The fraction of sp³-hybridized carbons (Fsp3) is 0.488. The molecule has 1 aliphatic rings. The van der Waals surface area contributed by atoms with Gasteiger partial charge < -0.3 is 5.11 Å². The summed E-state index contributed by atoms with van der Waals surface area (Å²) in [4.78, 5) is 16.9. The summed E-state index contributed by atoms with van der Waals surface area (Å²) in [7, 11) is 0. The first kappa shape index (κ1) is 38.6. The third-order valence-corrected chi connectivity index (χ3v) is 10.0. The molecule has 1 N–H and O–H groups in total. The zero-order chi connectivity index (χ0) is 33.6. The fourth-order valence-electron chi connectivity index (χ4n) is 7.26. The van der Waals surface area contributed by atoms with E-state index in [1.54, 1.807) is 0 Å². The maximum Gasteiger partial charge on any atom is 0.162 e. The van der Waals surface area contributed by atoms with Gasteiger partial charge in [-0.05, 0) is 86.5 Å². The van der Waals surface area contributed by atoms with Gasteiger partial charge in [0.2, 0.25) is 0 Å². The van der Waals surface area contributed by atoms with Crippen LogP contribution in [0.4, 0.5) is 0 Å². The van der Waals surface area contributed by atoms with Gasteiger partial charge in [-0.1, -0.05) is 103 Å². The maximum absolute atomic E-state index is 11.7. The molecule has 1 saturated carbocycles. The first-order valence-corrected chi connectivity index (χ1v) is 17.7. The number of allylic oxidation sites excluding steroid dienone is 2. The molecule has 3 aromatic carbocycles. The van der Waals surface area contributed by atoms with Crippen LogP contribution in [-0.4, -0.2) is 15.9 Å². The monoisotopic (exact) mass is 811 g/mol. The van der Waals surface area contributed by atoms with Gasteiger partial charge in [-0.3, -0.25) is 9.78 Å². The second kappa shape index (κ2) is 17.0. The van der Waals surface area contributed by atoms with Gasteiger partial charge in [0, 0.05) is 49.1 Å². The van der Waals surface area contributed by atoms with Crippen LogP contribution in [0.1, 0.15) is 128 Å². The predicted molar refractivity (Wildman–Crippen MR) is 197 cm³/mol. The average Bonchev–Trinajstić information content (AvgIpc) is 3.56. The third kappa shape index (κ3) is 9.21. The van der Waals surface area contributed by atoms with Crippen molar-refractivity contribution in [2.75, 3.05) is 0 Å². The number of pyridine rings is 1. The van der Waals surface area contributed by atoms with Gasteiger partial charge >= 0.3 is 0 Å². The SMILES string of the molecule is CCC(CC)C(=O)/C=C(\O)C(CC)CC.Cc1cc(C)c2c(C3CCCC3)cc(-c3[c-]c4ccccc4c(C(C)(C)C)c3)nc2c1.[Ir]. The number of carbonyl (C=O) groups is 1. The van der Waals surface area contributed by atoms with Crippen LogP contribution in [0.2, 0.25) is 0 Å². The second-order valence-corrected chi connectivity index (χ2v) is 14.4. The van der Waals surface area contributed by atoms with Gasteiger partial charge in [0.15, 0.2) is 5.78 Å². The van der Waals surface area contributed by atoms with Gasteiger partial charge in [0.05, 0.1) is 11.3 Å². The molecule has 4 aromatic rings. The first-order chi connectivity index (χ1) is 21.9. The number of ketones is 1. The normalized spacial score (nSPS) is 14.1. The Hall–Kier alpha value is -2.81. The predicted octanol–water partition coefficient (Wildman–Crippen LogP) is 12.3. The molecule has 1 aliphatic carbocycles. The topological polar surface area (TPSA) is 50.2 Å². The van der Waals surface area contributed by atoms with Gasteiger partial charge in [0.1, 0.15) is 0 Å². The van der Waals surface area contributed by atoms with E-state index in [4.69, 9.17) is 4.98 Å². The Morgan fingerprint density at radius 3 is 2.15 bits per heavy atom. The van der Waals surface area contributed by atoms with Gasteiger partial charge in [-0.15, -0.1) is 29.1 Å². The minimum Gasteiger partial charge on any atom is -0.512 e. The van der Waals surface area contributed by atoms with Crippen LogP contribution in [0, 0.1) is 31.7 Å². The van der Waals surface area contributed by atoms with Crippen molar-refractivity contribution >= 4 is 27.5 Å². The van der Waals surface area contributed by atoms with Crippen LogP contribution in [0.3, 0.4) is 0 Å². The third-order valence-electron chi connectivity index (χ3n) is 10.0. The molecular weight excluding hydrogens is 755 g/mol. The van der Waals surface area contributed by atoms with Gasteiger partial charge in [-0.2, -0.15) is 0 Å². The Bertz CT molecular complexity index is 1680. The van der Waals surface area contributed by atoms with Crippen LogP contribution in [0.15, 0.2) is 60.4 Å². The Labute approximate surface area is 298 Å². The summed E-state index contributed by atoms with van der Waals surface area (Å²) in [5.74, 6) is 1.19. The summed E-state index contributed by atoms with van der Waals surface area (Å²) in [6.45, 7) is 19.4. The van der Waals surface area contributed by atoms with Crippen molar-refractivity contribution in [3.63, 3.8) is 0 Å². The van der Waals surface area contributed by atoms with Crippen LogP contribution in [0.25, 0.3) is 32.9 Å². The molecule has 3 nitrogen and oxygen atoms in total. The molecule has 0 atom stereocenters. The van der Waals surface area contributed by atoms with E-state index >= 15 is 0 Å². The number of benzene rings is 3. The number of nitrogens with zero attached hydrogens (tertiary/aromatic N) is 1. The van der Waals surface area contributed by atoms with E-state index < -0.39 is 0 Å². The summed E-state index contributed by atoms with van der Waals surface area (Å²) < 4.78 is 0. The average molecular weight is 811 g/mol. The molecule has 1 heterocycles. The molecule has 0 saturated heterocycles. The zero-order valence-corrected chi connectivity index (χ0v) is 32.6. The number of hydrogen-bond acceptors (Lipinski definition) is 3. The summed E-state index contributed by atoms with van der Waals surface area (Å²) in [5.41, 5.74) is 8.87. The van der Waals surface area contributed by atoms with E-state index in [1.165, 1.54) is 70.2 Å². The van der Waals surface area contributed by atoms with Crippen LogP contribution < -0.4 is 0 Å². The van der Waals surface area contributed by atoms with Crippen molar-refractivity contribution in [2.24, 2.45) is 11.8 Å². The fourth-order valence-corrected chi connectivity index (χ4v) is 7.26. The number of fused-ring (bicyclic) bond motifs is 2. The minimum absolute atomic E-state index is 0. The molecule has 0 unspecified atom stereocenters. The van der Waals surface area contributed by atoms with Crippen molar-refractivity contribution < 1.29 is 30.0 Å². The molecule has 0 bridgehead atoms. The van der Waals surface area contributed by atoms with Crippen molar-refractivity contribution in [3.8, 4) is 11.3 Å². The van der Waals surface area contributed by atoms with Crippen molar-refractivity contribution in [3.05, 3.63) is 88.7 Å². The van der Waals surface area contributed by atoms with E-state index in [-0.39, 0.29) is 48.9 Å². The Balaban J connectivity index is 0.000000322. The largest absolute Gasteiger partial charge is 0.512 e. The molecule has 47 heavy (non-hydrogen) atoms. The van der Waals surface area contributed by atoms with Crippen molar-refractivity contribution in [1.82, 2.24) is 4.98 Å². The Morgan fingerprint density at radius 1 is 0.936 bits per heavy atom. The molecule has 1 radical (unpaired) electrons. The molecule has 255 valence electrons. The zero-order valence-electron chi connectivity index (χ0n) is 30.2. The van der Waals surface area contributed by atoms with Crippen LogP contribution in [0.5, 0.6) is 0 Å². The molecule has 0 amide bonds. The minimum atomic E-state index is 0. The number of aliphatic hydroxyl groups is 1. The molecular formula is C43H56IrNO2-. The summed E-state index contributed by atoms with van der Waals surface area (Å²) >= 11 is 0. The molecule has 0 spiro atoms. The Kier molecular flexibility index (Phi) is 14.0. The van der Waals surface area contributed by atoms with Crippen molar-refractivity contribution in [2.45, 2.75) is 125 Å². The molecule has 1 fully saturated rings. The van der Waals surface area contributed by atoms with E-state index in [9.17, 15) is 9.90 Å². The standard InChI is InChI=1S/C30H32N.C13H24O2.Ir/c1-19-14-20(2)29-25(21-10-6-7-11-21)18-27(31-28(29)15-19)23-16-22-12-8-9-13-24(22)26(17-23)30(3,4)5;1-5-10(6-2)12(14)9-13(15)11(7-3)8-4;/h8-9,12-15,17-18,21H,6-7,10-11H2,1-5H3;9-11,14H,5-8H2,1-4H3;/q-1;;/b;12-9-;. The maximum atomic E-state index is 11.7. The summed E-state index contributed by atoms with van der Waals surface area (Å²) in [5, 5.41) is 13.6. The van der Waals surface area contributed by atoms with Crippen LogP contribution >= 0.6 is 0 Å². The van der Waals surface area contributed by atoms with E-state index in [1.807, 2.05) is 27.7 Å². The Morgan fingerprint density at radius 2 is 1.55 bits per heavy atom. The van der Waals surface area contributed by atoms with Crippen LogP contribution in [-0.2, 0) is 30.3 Å². The van der Waals surface area contributed by atoms with Gasteiger partial charge in [0.25, 0.3) is 0 Å². The number of aliphatic hydroxyl groups excluding tert-OH is 1. The second-order valence-electron chi connectivity index (χ2n) is 14.4.